The summed E-state index contributed by atoms with van der Waals surface area (Å²) >= 11 is 0. The van der Waals surface area contributed by atoms with Gasteiger partial charge in [-0.15, -0.1) is 0 Å². The number of hydrogen-bond acceptors (Lipinski definition) is 1. The second-order valence-electron chi connectivity index (χ2n) is 5.77. The maximum atomic E-state index is 10.1. The molecule has 1 aromatic rings. The van der Waals surface area contributed by atoms with Gasteiger partial charge in [0.25, 0.3) is 0 Å². The van der Waals surface area contributed by atoms with Crippen LogP contribution >= 0.6 is 0 Å². The molecule has 0 amide bonds. The number of aliphatic hydroxyl groups excluding tert-OH is 1. The van der Waals surface area contributed by atoms with Crippen molar-refractivity contribution in [3.63, 3.8) is 0 Å². The molecule has 0 aliphatic heterocycles. The van der Waals surface area contributed by atoms with Gasteiger partial charge in [0.1, 0.15) is 0 Å². The number of hydrogen-bond donors (Lipinski definition) is 1. The van der Waals surface area contributed by atoms with Crippen molar-refractivity contribution in [3.05, 3.63) is 35.9 Å². The highest BCUT2D eigenvalue weighted by molar-refractivity contribution is 5.14. The molecule has 1 N–H and O–H groups in total. The summed E-state index contributed by atoms with van der Waals surface area (Å²) in [5.41, 5.74) is 1.39. The van der Waals surface area contributed by atoms with Crippen LogP contribution in [0, 0.1) is 5.92 Å². The van der Waals surface area contributed by atoms with Gasteiger partial charge in [-0.3, -0.25) is 0 Å². The second-order valence-corrected chi connectivity index (χ2v) is 5.77. The molecule has 1 saturated carbocycles. The summed E-state index contributed by atoms with van der Waals surface area (Å²) in [4.78, 5) is 0. The first-order valence-electron chi connectivity index (χ1n) is 7.56. The van der Waals surface area contributed by atoms with Gasteiger partial charge in [-0.25, -0.2) is 0 Å². The van der Waals surface area contributed by atoms with Crippen LogP contribution in [0.25, 0.3) is 0 Å². The molecule has 2 rings (SSSR count). The van der Waals surface area contributed by atoms with Gasteiger partial charge in [0.05, 0.1) is 6.10 Å². The van der Waals surface area contributed by atoms with Crippen LogP contribution in [0.5, 0.6) is 0 Å². The van der Waals surface area contributed by atoms with E-state index in [-0.39, 0.29) is 6.10 Å². The molecule has 1 unspecified atom stereocenters. The Hall–Kier alpha value is -0.820. The largest absolute Gasteiger partial charge is 0.393 e. The Balaban J connectivity index is 1.61. The Morgan fingerprint density at radius 3 is 2.50 bits per heavy atom. The summed E-state index contributed by atoms with van der Waals surface area (Å²) in [7, 11) is 0. The SMILES string of the molecule is OC(CCCc1ccccc1)CC1CCCCC1. The van der Waals surface area contributed by atoms with Crippen LogP contribution in [0.1, 0.15) is 56.9 Å². The smallest absolute Gasteiger partial charge is 0.0543 e. The first-order valence-corrected chi connectivity index (χ1v) is 7.56. The Bertz CT molecular complexity index is 314. The van der Waals surface area contributed by atoms with Crippen molar-refractivity contribution in [2.45, 2.75) is 63.9 Å². The van der Waals surface area contributed by atoms with Crippen molar-refractivity contribution < 1.29 is 5.11 Å². The molecule has 100 valence electrons. The molecular weight excluding hydrogens is 220 g/mol. The minimum atomic E-state index is -0.0724. The molecule has 1 fully saturated rings. The highest BCUT2D eigenvalue weighted by Crippen LogP contribution is 2.28. The second kappa shape index (κ2) is 7.58. The molecule has 0 saturated heterocycles. The van der Waals surface area contributed by atoms with Crippen molar-refractivity contribution in [1.29, 1.82) is 0 Å². The number of benzene rings is 1. The van der Waals surface area contributed by atoms with E-state index >= 15 is 0 Å². The predicted octanol–water partition coefficient (Wildman–Crippen LogP) is 4.34. The van der Waals surface area contributed by atoms with Crippen molar-refractivity contribution in [2.75, 3.05) is 0 Å². The van der Waals surface area contributed by atoms with E-state index in [2.05, 4.69) is 30.3 Å². The van der Waals surface area contributed by atoms with Gasteiger partial charge < -0.3 is 5.11 Å². The summed E-state index contributed by atoms with van der Waals surface area (Å²) < 4.78 is 0. The molecule has 1 nitrogen and oxygen atoms in total. The van der Waals surface area contributed by atoms with Gasteiger partial charge in [-0.1, -0.05) is 62.4 Å². The lowest BCUT2D eigenvalue weighted by molar-refractivity contribution is 0.120. The average molecular weight is 246 g/mol. The normalized spacial score (nSPS) is 18.7. The zero-order valence-electron chi connectivity index (χ0n) is 11.4. The van der Waals surface area contributed by atoms with Crippen LogP contribution < -0.4 is 0 Å². The minimum Gasteiger partial charge on any atom is -0.393 e. The summed E-state index contributed by atoms with van der Waals surface area (Å²) in [6, 6.07) is 10.6. The Kier molecular flexibility index (Phi) is 5.73. The maximum Gasteiger partial charge on any atom is 0.0543 e. The van der Waals surface area contributed by atoms with E-state index in [1.54, 1.807) is 0 Å². The molecule has 1 atom stereocenters. The van der Waals surface area contributed by atoms with E-state index in [9.17, 15) is 5.11 Å². The van der Waals surface area contributed by atoms with Crippen molar-refractivity contribution in [1.82, 2.24) is 0 Å². The van der Waals surface area contributed by atoms with Gasteiger partial charge in [-0.2, -0.15) is 0 Å². The maximum absolute atomic E-state index is 10.1. The molecule has 1 heteroatoms. The van der Waals surface area contributed by atoms with Gasteiger partial charge in [0.15, 0.2) is 0 Å². The quantitative estimate of drug-likeness (QED) is 0.791. The third kappa shape index (κ3) is 4.81. The zero-order chi connectivity index (χ0) is 12.6. The van der Waals surface area contributed by atoms with Gasteiger partial charge in [0.2, 0.25) is 0 Å². The highest BCUT2D eigenvalue weighted by atomic mass is 16.3. The summed E-state index contributed by atoms with van der Waals surface area (Å²) in [5, 5.41) is 10.1. The third-order valence-electron chi connectivity index (χ3n) is 4.18. The summed E-state index contributed by atoms with van der Waals surface area (Å²) in [6.45, 7) is 0. The third-order valence-corrected chi connectivity index (χ3v) is 4.18. The minimum absolute atomic E-state index is 0.0724. The molecule has 1 aromatic carbocycles. The summed E-state index contributed by atoms with van der Waals surface area (Å²) in [5.74, 6) is 0.797. The lowest BCUT2D eigenvalue weighted by Crippen LogP contribution is -2.16. The molecule has 0 aromatic heterocycles. The topological polar surface area (TPSA) is 20.2 Å². The number of aryl methyl sites for hydroxylation is 1. The predicted molar refractivity (Wildman–Crippen MR) is 76.6 cm³/mol. The molecule has 1 aliphatic rings. The molecule has 0 bridgehead atoms. The highest BCUT2D eigenvalue weighted by Gasteiger charge is 2.17. The van der Waals surface area contributed by atoms with Crippen molar-refractivity contribution in [3.8, 4) is 0 Å². The van der Waals surface area contributed by atoms with E-state index in [1.165, 1.54) is 37.7 Å². The van der Waals surface area contributed by atoms with E-state index < -0.39 is 0 Å². The fourth-order valence-corrected chi connectivity index (χ4v) is 3.11. The Labute approximate surface area is 111 Å². The lowest BCUT2D eigenvalue weighted by atomic mass is 9.84. The first kappa shape index (κ1) is 13.6. The van der Waals surface area contributed by atoms with Crippen molar-refractivity contribution in [2.24, 2.45) is 5.92 Å². The molecular formula is C17H26O. The van der Waals surface area contributed by atoms with Gasteiger partial charge >= 0.3 is 0 Å². The number of rotatable bonds is 6. The van der Waals surface area contributed by atoms with Gasteiger partial charge in [-0.05, 0) is 37.2 Å². The van der Waals surface area contributed by atoms with E-state index in [0.29, 0.717) is 0 Å². The average Bonchev–Trinajstić information content (AvgIpc) is 2.41. The summed E-state index contributed by atoms with van der Waals surface area (Å²) in [6.07, 6.45) is 11.0. The van der Waals surface area contributed by atoms with Crippen molar-refractivity contribution >= 4 is 0 Å². The zero-order valence-corrected chi connectivity index (χ0v) is 11.4. The van der Waals surface area contributed by atoms with Gasteiger partial charge in [0, 0.05) is 0 Å². The molecule has 1 aliphatic carbocycles. The Morgan fingerprint density at radius 2 is 1.78 bits per heavy atom. The van der Waals surface area contributed by atoms with Crippen LogP contribution in [-0.2, 0) is 6.42 Å². The van der Waals surface area contributed by atoms with E-state index in [0.717, 1.165) is 31.6 Å². The standard InChI is InChI=1S/C17H26O/c18-17(14-16-10-5-2-6-11-16)13-7-12-15-8-3-1-4-9-15/h1,3-4,8-9,16-18H,2,5-7,10-14H2. The fourth-order valence-electron chi connectivity index (χ4n) is 3.11. The van der Waals surface area contributed by atoms with E-state index in [1.807, 2.05) is 0 Å². The Morgan fingerprint density at radius 1 is 1.06 bits per heavy atom. The van der Waals surface area contributed by atoms with Crippen LogP contribution in [-0.4, -0.2) is 11.2 Å². The van der Waals surface area contributed by atoms with Crippen LogP contribution in [0.3, 0.4) is 0 Å². The number of aliphatic hydroxyl groups is 1. The van der Waals surface area contributed by atoms with Crippen LogP contribution in [0.2, 0.25) is 0 Å². The fraction of sp³-hybridized carbons (Fsp3) is 0.647. The van der Waals surface area contributed by atoms with Crippen LogP contribution in [0.4, 0.5) is 0 Å². The molecule has 0 heterocycles. The molecule has 0 spiro atoms. The van der Waals surface area contributed by atoms with E-state index in [4.69, 9.17) is 0 Å². The molecule has 18 heavy (non-hydrogen) atoms. The van der Waals surface area contributed by atoms with Crippen LogP contribution in [0.15, 0.2) is 30.3 Å². The molecule has 0 radical (unpaired) electrons. The monoisotopic (exact) mass is 246 g/mol. The first-order chi connectivity index (χ1) is 8.84. The lowest BCUT2D eigenvalue weighted by Gasteiger charge is -2.23.